The molecule has 0 saturated heterocycles. The van der Waals surface area contributed by atoms with Gasteiger partial charge in [-0.15, -0.1) is 0 Å². The van der Waals surface area contributed by atoms with Gasteiger partial charge in [-0.2, -0.15) is 0 Å². The molecule has 114 valence electrons. The van der Waals surface area contributed by atoms with Crippen molar-refractivity contribution in [1.82, 2.24) is 10.3 Å². The smallest absolute Gasteiger partial charge is 0.166 e. The number of hydrogen-bond acceptors (Lipinski definition) is 6. The molecule has 0 fully saturated rings. The van der Waals surface area contributed by atoms with Crippen molar-refractivity contribution in [2.75, 3.05) is 7.05 Å². The lowest BCUT2D eigenvalue weighted by Crippen LogP contribution is -2.24. The van der Waals surface area contributed by atoms with Crippen LogP contribution in [0.3, 0.4) is 0 Å². The second kappa shape index (κ2) is 5.57. The van der Waals surface area contributed by atoms with E-state index in [4.69, 9.17) is 13.8 Å². The van der Waals surface area contributed by atoms with Crippen molar-refractivity contribution < 1.29 is 8.83 Å². The number of hydrogen-bond donors (Lipinski definition) is 1. The summed E-state index contributed by atoms with van der Waals surface area (Å²) >= 11 is 0. The Morgan fingerprint density at radius 1 is 1.04 bits per heavy atom. The number of rotatable bonds is 2. The summed E-state index contributed by atoms with van der Waals surface area (Å²) in [5.74, 6) is 2.64. The van der Waals surface area contributed by atoms with E-state index in [0.717, 1.165) is 5.56 Å². The summed E-state index contributed by atoms with van der Waals surface area (Å²) in [6.45, 7) is 0. The molecule has 0 amide bonds. The van der Waals surface area contributed by atoms with Crippen LogP contribution in [0.1, 0.15) is 23.1 Å². The maximum atomic E-state index is 5.56. The first kappa shape index (κ1) is 13.5. The largest absolute Gasteiger partial charge is 0.467 e. The molecule has 4 heterocycles. The first-order valence-electron chi connectivity index (χ1n) is 7.23. The topological polar surface area (TPSA) is 75.9 Å². The summed E-state index contributed by atoms with van der Waals surface area (Å²) in [6.07, 6.45) is 4.96. The molecule has 3 aromatic rings. The Bertz CT molecular complexity index is 864. The van der Waals surface area contributed by atoms with Gasteiger partial charge in [-0.25, -0.2) is 9.98 Å². The normalized spacial score (nSPS) is 17.0. The molecule has 6 heteroatoms. The molecule has 1 aliphatic rings. The van der Waals surface area contributed by atoms with Gasteiger partial charge in [-0.1, -0.05) is 0 Å². The van der Waals surface area contributed by atoms with E-state index in [1.807, 2.05) is 43.4 Å². The van der Waals surface area contributed by atoms with E-state index in [-0.39, 0.29) is 6.04 Å². The lowest BCUT2D eigenvalue weighted by atomic mass is 10.1. The van der Waals surface area contributed by atoms with Crippen molar-refractivity contribution in [1.29, 1.82) is 0 Å². The molecule has 0 saturated carbocycles. The summed E-state index contributed by atoms with van der Waals surface area (Å²) in [6, 6.07) is 10.8. The van der Waals surface area contributed by atoms with Gasteiger partial charge in [-0.05, 0) is 36.4 Å². The molecule has 0 bridgehead atoms. The van der Waals surface area contributed by atoms with Crippen molar-refractivity contribution in [2.24, 2.45) is 9.98 Å². The molecule has 1 unspecified atom stereocenters. The number of fused-ring (bicyclic) bond motifs is 1. The highest BCUT2D eigenvalue weighted by Crippen LogP contribution is 2.30. The molecule has 23 heavy (non-hydrogen) atoms. The van der Waals surface area contributed by atoms with Crippen LogP contribution in [0.15, 0.2) is 73.9 Å². The van der Waals surface area contributed by atoms with Gasteiger partial charge < -0.3 is 14.2 Å². The molecular formula is C17H14N4O2. The molecule has 1 atom stereocenters. The molecule has 3 aromatic heterocycles. The number of furan rings is 2. The van der Waals surface area contributed by atoms with Gasteiger partial charge in [0.05, 0.1) is 12.5 Å². The molecule has 1 N–H and O–H groups in total. The Labute approximate surface area is 132 Å². The fourth-order valence-electron chi connectivity index (χ4n) is 2.55. The van der Waals surface area contributed by atoms with Crippen LogP contribution in [-0.4, -0.2) is 23.6 Å². The maximum absolute atomic E-state index is 5.56. The van der Waals surface area contributed by atoms with Crippen molar-refractivity contribution in [3.63, 3.8) is 0 Å². The molecule has 0 aliphatic carbocycles. The summed E-state index contributed by atoms with van der Waals surface area (Å²) in [7, 11) is 1.81. The Kier molecular flexibility index (Phi) is 3.27. The van der Waals surface area contributed by atoms with Gasteiger partial charge in [0.25, 0.3) is 0 Å². The van der Waals surface area contributed by atoms with Gasteiger partial charge in [0, 0.05) is 18.8 Å². The van der Waals surface area contributed by atoms with Crippen LogP contribution in [0.25, 0.3) is 0 Å². The zero-order valence-corrected chi connectivity index (χ0v) is 12.4. The van der Waals surface area contributed by atoms with Gasteiger partial charge in [0.15, 0.2) is 17.6 Å². The molecule has 0 aromatic carbocycles. The first-order chi connectivity index (χ1) is 11.4. The fraction of sp³-hybridized carbons (Fsp3) is 0.118. The van der Waals surface area contributed by atoms with Crippen LogP contribution >= 0.6 is 0 Å². The number of likely N-dealkylation sites (N-methyl/N-ethyl adjacent to an activating group) is 1. The number of nitrogens with zero attached hydrogens (tertiary/aromatic N) is 3. The van der Waals surface area contributed by atoms with E-state index >= 15 is 0 Å². The summed E-state index contributed by atoms with van der Waals surface area (Å²) in [4.78, 5) is 13.9. The molecule has 1 aliphatic heterocycles. The quantitative estimate of drug-likeness (QED) is 0.789. The van der Waals surface area contributed by atoms with Crippen LogP contribution < -0.4 is 5.32 Å². The van der Waals surface area contributed by atoms with Crippen molar-refractivity contribution in [2.45, 2.75) is 6.04 Å². The third-order valence-corrected chi connectivity index (χ3v) is 3.61. The van der Waals surface area contributed by atoms with Crippen LogP contribution in [0.5, 0.6) is 0 Å². The molecule has 4 rings (SSSR count). The fourth-order valence-corrected chi connectivity index (χ4v) is 2.55. The van der Waals surface area contributed by atoms with E-state index in [1.54, 1.807) is 18.7 Å². The molecule has 0 radical (unpaired) electrons. The van der Waals surface area contributed by atoms with E-state index < -0.39 is 0 Å². The lowest BCUT2D eigenvalue weighted by Gasteiger charge is -2.12. The van der Waals surface area contributed by atoms with Gasteiger partial charge >= 0.3 is 0 Å². The van der Waals surface area contributed by atoms with Crippen molar-refractivity contribution in [3.8, 4) is 0 Å². The SMILES string of the molecule is CNC1=Nc2ncccc2C(c2ccco2)=NC1c1ccco1. The third kappa shape index (κ3) is 2.34. The number of amidine groups is 1. The minimum absolute atomic E-state index is 0.385. The second-order valence-electron chi connectivity index (χ2n) is 4.99. The van der Waals surface area contributed by atoms with Crippen molar-refractivity contribution >= 4 is 17.4 Å². The predicted octanol–water partition coefficient (Wildman–Crippen LogP) is 3.11. The van der Waals surface area contributed by atoms with Gasteiger partial charge in [0.1, 0.15) is 17.3 Å². The predicted molar refractivity (Wildman–Crippen MR) is 86.2 cm³/mol. The molecule has 6 nitrogen and oxygen atoms in total. The van der Waals surface area contributed by atoms with Crippen LogP contribution in [0, 0.1) is 0 Å². The van der Waals surface area contributed by atoms with E-state index in [2.05, 4.69) is 15.3 Å². The Morgan fingerprint density at radius 3 is 2.65 bits per heavy atom. The minimum Gasteiger partial charge on any atom is -0.467 e. The number of aromatic nitrogens is 1. The monoisotopic (exact) mass is 306 g/mol. The summed E-state index contributed by atoms with van der Waals surface area (Å²) < 4.78 is 11.1. The first-order valence-corrected chi connectivity index (χ1v) is 7.23. The second-order valence-corrected chi connectivity index (χ2v) is 4.99. The number of aliphatic imine (C=N–C) groups is 2. The van der Waals surface area contributed by atoms with Crippen LogP contribution in [0.4, 0.5) is 5.82 Å². The molecule has 0 spiro atoms. The minimum atomic E-state index is -0.385. The highest BCUT2D eigenvalue weighted by atomic mass is 16.3. The highest BCUT2D eigenvalue weighted by Gasteiger charge is 2.27. The van der Waals surface area contributed by atoms with Crippen LogP contribution in [0.2, 0.25) is 0 Å². The molecular weight excluding hydrogens is 292 g/mol. The zero-order valence-electron chi connectivity index (χ0n) is 12.4. The summed E-state index contributed by atoms with van der Waals surface area (Å²) in [5.41, 5.74) is 1.53. The Hall–Kier alpha value is -3.15. The van der Waals surface area contributed by atoms with Crippen molar-refractivity contribution in [3.05, 3.63) is 72.2 Å². The van der Waals surface area contributed by atoms with E-state index in [0.29, 0.717) is 28.9 Å². The summed E-state index contributed by atoms with van der Waals surface area (Å²) in [5, 5.41) is 3.10. The standard InChI is InChI=1S/C17H14N4O2/c1-18-17-15(13-7-4-10-23-13)20-14(12-6-3-9-22-12)11-5-2-8-19-16(11)21-17/h2-10,15H,1H3,(H,18,19,21). The Morgan fingerprint density at radius 2 is 1.91 bits per heavy atom. The zero-order chi connectivity index (χ0) is 15.6. The van der Waals surface area contributed by atoms with E-state index in [1.165, 1.54) is 0 Å². The third-order valence-electron chi connectivity index (χ3n) is 3.61. The van der Waals surface area contributed by atoms with Gasteiger partial charge in [-0.3, -0.25) is 4.99 Å². The Balaban J connectivity index is 1.96. The maximum Gasteiger partial charge on any atom is 0.166 e. The van der Waals surface area contributed by atoms with Gasteiger partial charge in [0.2, 0.25) is 0 Å². The average molecular weight is 306 g/mol. The number of pyridine rings is 1. The highest BCUT2D eigenvalue weighted by molar-refractivity contribution is 6.15. The average Bonchev–Trinajstić information content (AvgIpc) is 3.26. The lowest BCUT2D eigenvalue weighted by molar-refractivity contribution is 0.499. The van der Waals surface area contributed by atoms with E-state index in [9.17, 15) is 0 Å². The van der Waals surface area contributed by atoms with Crippen LogP contribution in [-0.2, 0) is 0 Å². The number of nitrogens with one attached hydrogen (secondary N) is 1.